The number of methoxy groups -OCH3 is 1. The van der Waals surface area contributed by atoms with Crippen LogP contribution in [-0.2, 0) is 14.3 Å². The molecule has 1 aliphatic rings. The highest BCUT2D eigenvalue weighted by molar-refractivity contribution is 6.31. The second kappa shape index (κ2) is 7.61. The van der Waals surface area contributed by atoms with Crippen molar-refractivity contribution in [3.8, 4) is 0 Å². The summed E-state index contributed by atoms with van der Waals surface area (Å²) in [4.78, 5) is 25.7. The predicted octanol–water partition coefficient (Wildman–Crippen LogP) is 2.47. The lowest BCUT2D eigenvalue weighted by molar-refractivity contribution is -0.147. The van der Waals surface area contributed by atoms with Gasteiger partial charge >= 0.3 is 5.97 Å². The maximum Gasteiger partial charge on any atom is 0.308 e. The molecule has 0 unspecified atom stereocenters. The highest BCUT2D eigenvalue weighted by atomic mass is 35.5. The normalized spacial score (nSPS) is 16.3. The molecule has 0 bridgehead atoms. The van der Waals surface area contributed by atoms with E-state index in [1.165, 1.54) is 7.11 Å². The van der Waals surface area contributed by atoms with Crippen LogP contribution in [0.1, 0.15) is 18.4 Å². The molecule has 1 aromatic rings. The Labute approximate surface area is 135 Å². The molecule has 6 heteroatoms. The highest BCUT2D eigenvalue weighted by Gasteiger charge is 2.26. The number of anilines is 1. The number of halogens is 1. The van der Waals surface area contributed by atoms with Crippen LogP contribution >= 0.6 is 11.6 Å². The molecule has 0 saturated carbocycles. The summed E-state index contributed by atoms with van der Waals surface area (Å²) in [5.74, 6) is -0.264. The van der Waals surface area contributed by atoms with Gasteiger partial charge in [0.15, 0.2) is 0 Å². The van der Waals surface area contributed by atoms with Crippen LogP contribution in [0.25, 0.3) is 0 Å². The molecule has 22 heavy (non-hydrogen) atoms. The van der Waals surface area contributed by atoms with E-state index in [2.05, 4.69) is 10.2 Å². The van der Waals surface area contributed by atoms with Crippen molar-refractivity contribution in [3.63, 3.8) is 0 Å². The summed E-state index contributed by atoms with van der Waals surface area (Å²) in [6, 6.07) is 5.42. The number of aryl methyl sites for hydroxylation is 1. The Balaban J connectivity index is 1.83. The largest absolute Gasteiger partial charge is 0.469 e. The Kier molecular flexibility index (Phi) is 5.80. The topological polar surface area (TPSA) is 58.6 Å². The third kappa shape index (κ3) is 4.45. The fraction of sp³-hybridized carbons (Fsp3) is 0.500. The first-order chi connectivity index (χ1) is 10.5. The van der Waals surface area contributed by atoms with E-state index >= 15 is 0 Å². The monoisotopic (exact) mass is 324 g/mol. The lowest BCUT2D eigenvalue weighted by atomic mass is 9.97. The van der Waals surface area contributed by atoms with E-state index in [4.69, 9.17) is 16.3 Å². The number of hydrogen-bond acceptors (Lipinski definition) is 4. The van der Waals surface area contributed by atoms with Crippen LogP contribution in [0, 0.1) is 12.8 Å². The number of hydrogen-bond donors (Lipinski definition) is 1. The first kappa shape index (κ1) is 16.8. The van der Waals surface area contributed by atoms with Gasteiger partial charge in [-0.3, -0.25) is 14.5 Å². The van der Waals surface area contributed by atoms with Crippen LogP contribution in [0.15, 0.2) is 18.2 Å². The van der Waals surface area contributed by atoms with E-state index < -0.39 is 0 Å². The van der Waals surface area contributed by atoms with Crippen LogP contribution < -0.4 is 5.32 Å². The number of ether oxygens (including phenoxy) is 1. The molecule has 0 atom stereocenters. The van der Waals surface area contributed by atoms with Gasteiger partial charge in [0.1, 0.15) is 0 Å². The first-order valence-corrected chi connectivity index (χ1v) is 7.73. The fourth-order valence-electron chi connectivity index (χ4n) is 2.62. The number of likely N-dealkylation sites (tertiary alicyclic amines) is 1. The Bertz CT molecular complexity index is 554. The third-order valence-corrected chi connectivity index (χ3v) is 4.20. The Hall–Kier alpha value is -1.59. The van der Waals surface area contributed by atoms with Crippen molar-refractivity contribution in [2.75, 3.05) is 32.1 Å². The number of piperidine rings is 1. The summed E-state index contributed by atoms with van der Waals surface area (Å²) in [6.45, 7) is 3.69. The summed E-state index contributed by atoms with van der Waals surface area (Å²) in [7, 11) is 1.41. The third-order valence-electron chi connectivity index (χ3n) is 3.96. The van der Waals surface area contributed by atoms with Gasteiger partial charge in [-0.15, -0.1) is 0 Å². The fourth-order valence-corrected chi connectivity index (χ4v) is 2.79. The molecular weight excluding hydrogens is 304 g/mol. The molecule has 0 aromatic heterocycles. The number of benzene rings is 1. The number of carbonyl (C=O) groups is 2. The molecule has 1 heterocycles. The molecular formula is C16H21ClN2O3. The second-order valence-electron chi connectivity index (χ2n) is 5.58. The Morgan fingerprint density at radius 1 is 1.36 bits per heavy atom. The Morgan fingerprint density at radius 2 is 2.05 bits per heavy atom. The van der Waals surface area contributed by atoms with Crippen molar-refractivity contribution in [1.29, 1.82) is 0 Å². The van der Waals surface area contributed by atoms with Gasteiger partial charge in [0.05, 0.1) is 19.6 Å². The van der Waals surface area contributed by atoms with Gasteiger partial charge in [0, 0.05) is 10.7 Å². The van der Waals surface area contributed by atoms with Crippen molar-refractivity contribution in [1.82, 2.24) is 4.90 Å². The molecule has 1 aliphatic heterocycles. The number of carbonyl (C=O) groups excluding carboxylic acids is 2. The van der Waals surface area contributed by atoms with Crippen molar-refractivity contribution in [3.05, 3.63) is 28.8 Å². The molecule has 1 N–H and O–H groups in total. The maximum absolute atomic E-state index is 12.1. The molecule has 2 rings (SSSR count). The van der Waals surface area contributed by atoms with E-state index in [1.54, 1.807) is 12.1 Å². The molecule has 5 nitrogen and oxygen atoms in total. The zero-order valence-corrected chi connectivity index (χ0v) is 13.7. The summed E-state index contributed by atoms with van der Waals surface area (Å²) in [5, 5.41) is 3.48. The molecule has 0 aliphatic carbocycles. The van der Waals surface area contributed by atoms with E-state index in [-0.39, 0.29) is 17.8 Å². The van der Waals surface area contributed by atoms with Crippen LogP contribution in [0.3, 0.4) is 0 Å². The van der Waals surface area contributed by atoms with Gasteiger partial charge in [-0.2, -0.15) is 0 Å². The molecule has 1 amide bonds. The van der Waals surface area contributed by atoms with Crippen LogP contribution in [0.5, 0.6) is 0 Å². The molecule has 1 fully saturated rings. The van der Waals surface area contributed by atoms with Gasteiger partial charge in [-0.25, -0.2) is 0 Å². The molecule has 120 valence electrons. The molecule has 0 radical (unpaired) electrons. The summed E-state index contributed by atoms with van der Waals surface area (Å²) < 4.78 is 4.76. The lowest BCUT2D eigenvalue weighted by Gasteiger charge is -2.30. The minimum absolute atomic E-state index is 0.0421. The standard InChI is InChI=1S/C16H21ClN2O3/c1-11-3-4-13(17)9-14(11)18-15(20)10-19-7-5-12(6-8-19)16(21)22-2/h3-4,9,12H,5-8,10H2,1-2H3,(H,18,20). The predicted molar refractivity (Wildman–Crippen MR) is 86.0 cm³/mol. The van der Waals surface area contributed by atoms with Crippen molar-refractivity contribution >= 4 is 29.2 Å². The van der Waals surface area contributed by atoms with Gasteiger partial charge in [-0.1, -0.05) is 17.7 Å². The Morgan fingerprint density at radius 3 is 2.68 bits per heavy atom. The SMILES string of the molecule is COC(=O)C1CCN(CC(=O)Nc2cc(Cl)ccc2C)CC1. The molecule has 1 aromatic carbocycles. The van der Waals surface area contributed by atoms with Crippen LogP contribution in [0.2, 0.25) is 5.02 Å². The maximum atomic E-state index is 12.1. The number of rotatable bonds is 4. The quantitative estimate of drug-likeness (QED) is 0.864. The number of amides is 1. The lowest BCUT2D eigenvalue weighted by Crippen LogP contribution is -2.41. The number of nitrogens with zero attached hydrogens (tertiary/aromatic N) is 1. The average molecular weight is 325 g/mol. The van der Waals surface area contributed by atoms with Crippen molar-refractivity contribution in [2.24, 2.45) is 5.92 Å². The zero-order chi connectivity index (χ0) is 16.1. The highest BCUT2D eigenvalue weighted by Crippen LogP contribution is 2.21. The van der Waals surface area contributed by atoms with E-state index in [1.807, 2.05) is 13.0 Å². The zero-order valence-electron chi connectivity index (χ0n) is 12.9. The number of nitrogens with one attached hydrogen (secondary N) is 1. The van der Waals surface area contributed by atoms with Gasteiger partial charge < -0.3 is 10.1 Å². The second-order valence-corrected chi connectivity index (χ2v) is 6.02. The smallest absolute Gasteiger partial charge is 0.308 e. The van der Waals surface area contributed by atoms with Gasteiger partial charge in [0.25, 0.3) is 0 Å². The summed E-state index contributed by atoms with van der Waals surface area (Å²) in [5.41, 5.74) is 1.71. The summed E-state index contributed by atoms with van der Waals surface area (Å²) in [6.07, 6.45) is 1.46. The number of esters is 1. The van der Waals surface area contributed by atoms with Gasteiger partial charge in [-0.05, 0) is 50.6 Å². The molecule has 0 spiro atoms. The van der Waals surface area contributed by atoms with Crippen LogP contribution in [0.4, 0.5) is 5.69 Å². The minimum Gasteiger partial charge on any atom is -0.469 e. The minimum atomic E-state index is -0.154. The van der Waals surface area contributed by atoms with E-state index in [0.29, 0.717) is 11.6 Å². The van der Waals surface area contributed by atoms with Crippen molar-refractivity contribution in [2.45, 2.75) is 19.8 Å². The van der Waals surface area contributed by atoms with Crippen molar-refractivity contribution < 1.29 is 14.3 Å². The summed E-state index contributed by atoms with van der Waals surface area (Å²) >= 11 is 5.95. The molecule has 1 saturated heterocycles. The van der Waals surface area contributed by atoms with Crippen LogP contribution in [-0.4, -0.2) is 43.5 Å². The average Bonchev–Trinajstić information content (AvgIpc) is 2.51. The van der Waals surface area contributed by atoms with E-state index in [9.17, 15) is 9.59 Å². The van der Waals surface area contributed by atoms with E-state index in [0.717, 1.165) is 37.2 Å². The van der Waals surface area contributed by atoms with Gasteiger partial charge in [0.2, 0.25) is 5.91 Å². The first-order valence-electron chi connectivity index (χ1n) is 7.36.